The summed E-state index contributed by atoms with van der Waals surface area (Å²) in [6, 6.07) is 0. The average Bonchev–Trinajstić information content (AvgIpc) is 2.13. The maximum absolute atomic E-state index is 10.5. The fraction of sp³-hybridized carbons (Fsp3) is 0.867. The molecule has 0 aliphatic heterocycles. The Labute approximate surface area is 108 Å². The highest BCUT2D eigenvalue weighted by Gasteiger charge is 2.36. The quantitative estimate of drug-likeness (QED) is 0.513. The minimum Gasteiger partial charge on any atom is -0.378 e. The second kappa shape index (κ2) is 4.78. The van der Waals surface area contributed by atoms with Gasteiger partial charge in [-0.05, 0) is 37.0 Å². The van der Waals surface area contributed by atoms with Crippen molar-refractivity contribution in [3.05, 3.63) is 0 Å². The first kappa shape index (κ1) is 14.8. The summed E-state index contributed by atoms with van der Waals surface area (Å²) in [7, 11) is -1.36. The molecule has 0 saturated heterocycles. The topological polar surface area (TPSA) is 20.2 Å². The molecule has 0 heterocycles. The monoisotopic (exact) mass is 252 g/mol. The third-order valence-corrected chi connectivity index (χ3v) is 4.58. The van der Waals surface area contributed by atoms with Crippen LogP contribution in [-0.4, -0.2) is 18.8 Å². The van der Waals surface area contributed by atoms with Crippen LogP contribution in [0.1, 0.15) is 46.5 Å². The van der Waals surface area contributed by atoms with Crippen LogP contribution in [0.2, 0.25) is 19.6 Å². The molecule has 1 N–H and O–H groups in total. The molecule has 1 aliphatic carbocycles. The van der Waals surface area contributed by atoms with E-state index in [0.717, 1.165) is 31.6 Å². The lowest BCUT2D eigenvalue weighted by Gasteiger charge is -2.39. The predicted octanol–water partition coefficient (Wildman–Crippen LogP) is 3.83. The van der Waals surface area contributed by atoms with Gasteiger partial charge in [-0.2, -0.15) is 0 Å². The molecule has 1 aliphatic rings. The summed E-state index contributed by atoms with van der Waals surface area (Å²) in [5.74, 6) is 3.91. The van der Waals surface area contributed by atoms with Gasteiger partial charge in [0.2, 0.25) is 0 Å². The van der Waals surface area contributed by atoms with Gasteiger partial charge in [0.05, 0.1) is 0 Å². The van der Waals surface area contributed by atoms with Crippen molar-refractivity contribution in [3.8, 4) is 11.5 Å². The molecule has 0 bridgehead atoms. The van der Waals surface area contributed by atoms with Gasteiger partial charge in [0.15, 0.2) is 0 Å². The van der Waals surface area contributed by atoms with Gasteiger partial charge in [-0.3, -0.25) is 0 Å². The molecule has 1 nitrogen and oxygen atoms in total. The third-order valence-electron chi connectivity index (χ3n) is 3.71. The number of hydrogen-bond donors (Lipinski definition) is 1. The van der Waals surface area contributed by atoms with Gasteiger partial charge in [-0.1, -0.05) is 46.3 Å². The van der Waals surface area contributed by atoms with E-state index in [9.17, 15) is 5.11 Å². The highest BCUT2D eigenvalue weighted by atomic mass is 28.3. The molecule has 0 aromatic carbocycles. The van der Waals surface area contributed by atoms with E-state index in [1.54, 1.807) is 0 Å². The average molecular weight is 252 g/mol. The minimum atomic E-state index is -1.36. The lowest BCUT2D eigenvalue weighted by molar-refractivity contribution is 0.0213. The predicted molar refractivity (Wildman–Crippen MR) is 77.5 cm³/mol. The summed E-state index contributed by atoms with van der Waals surface area (Å²) >= 11 is 0. The number of rotatable bonds is 0. The van der Waals surface area contributed by atoms with Crippen LogP contribution in [0, 0.1) is 22.8 Å². The number of aliphatic hydroxyl groups is 1. The van der Waals surface area contributed by atoms with Crippen molar-refractivity contribution in [1.82, 2.24) is 0 Å². The molecule has 2 heteroatoms. The second-order valence-corrected chi connectivity index (χ2v) is 12.4. The zero-order valence-corrected chi connectivity index (χ0v) is 13.4. The Bertz CT molecular complexity index is 314. The summed E-state index contributed by atoms with van der Waals surface area (Å²) in [5, 5.41) is 10.5. The summed E-state index contributed by atoms with van der Waals surface area (Å²) in [5.41, 5.74) is 3.00. The third kappa shape index (κ3) is 4.85. The molecule has 0 aromatic rings. The SMILES string of the molecule is CC(C)(C)C1CCC(O)(C#C[Si](C)(C)C)CC1. The maximum atomic E-state index is 10.5. The molecule has 1 saturated carbocycles. The van der Waals surface area contributed by atoms with Crippen LogP contribution in [0.15, 0.2) is 0 Å². The van der Waals surface area contributed by atoms with Gasteiger partial charge in [-0.25, -0.2) is 0 Å². The highest BCUT2D eigenvalue weighted by Crippen LogP contribution is 2.41. The lowest BCUT2D eigenvalue weighted by atomic mass is 9.68. The Morgan fingerprint density at radius 3 is 1.94 bits per heavy atom. The van der Waals surface area contributed by atoms with Crippen LogP contribution in [0.5, 0.6) is 0 Å². The van der Waals surface area contributed by atoms with Gasteiger partial charge in [0.25, 0.3) is 0 Å². The molecule has 1 rings (SSSR count). The van der Waals surface area contributed by atoms with Crippen molar-refractivity contribution >= 4 is 8.07 Å². The van der Waals surface area contributed by atoms with E-state index in [0.29, 0.717) is 5.41 Å². The van der Waals surface area contributed by atoms with Crippen molar-refractivity contribution in [2.24, 2.45) is 11.3 Å². The molecule has 17 heavy (non-hydrogen) atoms. The minimum absolute atomic E-state index is 0.369. The van der Waals surface area contributed by atoms with Gasteiger partial charge in [-0.15, -0.1) is 5.54 Å². The molecule has 0 amide bonds. The Hall–Kier alpha value is -0.263. The first-order chi connectivity index (χ1) is 7.52. The molecular weight excluding hydrogens is 224 g/mol. The molecule has 0 unspecified atom stereocenters. The Morgan fingerprint density at radius 2 is 1.59 bits per heavy atom. The Balaban J connectivity index is 2.64. The fourth-order valence-electron chi connectivity index (χ4n) is 2.39. The number of hydrogen-bond acceptors (Lipinski definition) is 1. The zero-order valence-electron chi connectivity index (χ0n) is 12.4. The molecule has 0 spiro atoms. The van der Waals surface area contributed by atoms with E-state index in [1.807, 2.05) is 0 Å². The molecule has 98 valence electrons. The maximum Gasteiger partial charge on any atom is 0.129 e. The smallest absolute Gasteiger partial charge is 0.129 e. The van der Waals surface area contributed by atoms with Crippen molar-refractivity contribution in [1.29, 1.82) is 0 Å². The van der Waals surface area contributed by atoms with Crippen molar-refractivity contribution < 1.29 is 5.11 Å². The normalized spacial score (nSPS) is 30.6. The van der Waals surface area contributed by atoms with Crippen LogP contribution < -0.4 is 0 Å². The van der Waals surface area contributed by atoms with Crippen LogP contribution in [0.25, 0.3) is 0 Å². The van der Waals surface area contributed by atoms with Crippen molar-refractivity contribution in [2.45, 2.75) is 71.7 Å². The van der Waals surface area contributed by atoms with Crippen molar-refractivity contribution in [2.75, 3.05) is 0 Å². The van der Waals surface area contributed by atoms with Crippen LogP contribution in [0.4, 0.5) is 0 Å². The lowest BCUT2D eigenvalue weighted by Crippen LogP contribution is -2.36. The first-order valence-corrected chi connectivity index (χ1v) is 10.3. The first-order valence-electron chi connectivity index (χ1n) is 6.79. The van der Waals surface area contributed by atoms with E-state index < -0.39 is 13.7 Å². The zero-order chi connectivity index (χ0) is 13.3. The largest absolute Gasteiger partial charge is 0.378 e. The summed E-state index contributed by atoms with van der Waals surface area (Å²) in [6.07, 6.45) is 3.93. The van der Waals surface area contributed by atoms with Gasteiger partial charge in [0.1, 0.15) is 13.7 Å². The molecule has 0 aromatic heterocycles. The molecular formula is C15H28OSi. The van der Waals surface area contributed by atoms with E-state index in [1.165, 1.54) is 0 Å². The van der Waals surface area contributed by atoms with Gasteiger partial charge in [0, 0.05) is 0 Å². The Morgan fingerprint density at radius 1 is 1.12 bits per heavy atom. The molecule has 1 fully saturated rings. The van der Waals surface area contributed by atoms with Gasteiger partial charge < -0.3 is 5.11 Å². The van der Waals surface area contributed by atoms with Crippen LogP contribution in [0.3, 0.4) is 0 Å². The summed E-state index contributed by atoms with van der Waals surface area (Å²) in [4.78, 5) is 0. The van der Waals surface area contributed by atoms with Gasteiger partial charge >= 0.3 is 0 Å². The van der Waals surface area contributed by atoms with E-state index in [2.05, 4.69) is 51.9 Å². The summed E-state index contributed by atoms with van der Waals surface area (Å²) < 4.78 is 0. The molecule has 0 radical (unpaired) electrons. The fourth-order valence-corrected chi connectivity index (χ4v) is 3.00. The highest BCUT2D eigenvalue weighted by molar-refractivity contribution is 6.83. The van der Waals surface area contributed by atoms with Crippen molar-refractivity contribution in [3.63, 3.8) is 0 Å². The van der Waals surface area contributed by atoms with E-state index >= 15 is 0 Å². The molecule has 0 atom stereocenters. The van der Waals surface area contributed by atoms with E-state index in [-0.39, 0.29) is 0 Å². The second-order valence-electron chi connectivity index (χ2n) is 7.67. The van der Waals surface area contributed by atoms with Crippen LogP contribution >= 0.6 is 0 Å². The summed E-state index contributed by atoms with van der Waals surface area (Å²) in [6.45, 7) is 13.6. The standard InChI is InChI=1S/C15H28OSi/c1-14(2,3)13-7-9-15(16,10-8-13)11-12-17(4,5)6/h13,16H,7-10H2,1-6H3. The van der Waals surface area contributed by atoms with E-state index in [4.69, 9.17) is 0 Å². The van der Waals surface area contributed by atoms with Crippen LogP contribution in [-0.2, 0) is 0 Å². The Kier molecular flexibility index (Phi) is 4.16.